The molecule has 0 unspecified atom stereocenters. The van der Waals surface area contributed by atoms with Gasteiger partial charge in [0.15, 0.2) is 0 Å². The summed E-state index contributed by atoms with van der Waals surface area (Å²) in [5.74, 6) is -0.0555. The summed E-state index contributed by atoms with van der Waals surface area (Å²) in [4.78, 5) is 27.1. The molecule has 262 valence electrons. The molecule has 44 heavy (non-hydrogen) atoms. The highest BCUT2D eigenvalue weighted by Crippen LogP contribution is 2.18. The van der Waals surface area contributed by atoms with E-state index in [0.717, 1.165) is 83.8 Å². The summed E-state index contributed by atoms with van der Waals surface area (Å²) >= 11 is 0. The average molecular weight is 626 g/mol. The lowest BCUT2D eigenvalue weighted by Crippen LogP contribution is -2.30. The number of unbranched alkanes of at least 4 members (excludes halogenated alkanes) is 17. The minimum Gasteiger partial charge on any atom is -0.466 e. The van der Waals surface area contributed by atoms with E-state index in [4.69, 9.17) is 14.2 Å². The van der Waals surface area contributed by atoms with Crippen molar-refractivity contribution in [2.45, 2.75) is 194 Å². The second-order valence-corrected chi connectivity index (χ2v) is 13.0. The van der Waals surface area contributed by atoms with Crippen LogP contribution in [0.25, 0.3) is 0 Å². The van der Waals surface area contributed by atoms with Gasteiger partial charge in [-0.3, -0.25) is 9.59 Å². The SMILES string of the molecule is CCCCCCCCC(CCCCCCCC)OC(=O)CCCCCCCN(CCCC(=O)OCCCCCC)CCOC. The molecule has 0 saturated carbocycles. The number of esters is 2. The van der Waals surface area contributed by atoms with Crippen LogP contribution in [0.4, 0.5) is 0 Å². The standard InChI is InChI=1S/C38H75NO5/c1-5-8-11-14-17-21-27-36(28-22-18-15-12-9-6-2)44-38(41)29-23-19-16-20-24-31-39(33-35-42-4)32-26-30-37(40)43-34-25-13-10-7-3/h36H,5-35H2,1-4H3. The van der Waals surface area contributed by atoms with Crippen molar-refractivity contribution in [3.05, 3.63) is 0 Å². The van der Waals surface area contributed by atoms with Crippen molar-refractivity contribution < 1.29 is 23.8 Å². The predicted octanol–water partition coefficient (Wildman–Crippen LogP) is 10.6. The van der Waals surface area contributed by atoms with E-state index in [2.05, 4.69) is 25.7 Å². The number of carbonyl (C=O) groups is 2. The van der Waals surface area contributed by atoms with Gasteiger partial charge in [-0.15, -0.1) is 0 Å². The Hall–Kier alpha value is -1.14. The average Bonchev–Trinajstić information content (AvgIpc) is 3.02. The van der Waals surface area contributed by atoms with E-state index in [9.17, 15) is 9.59 Å². The van der Waals surface area contributed by atoms with Crippen LogP contribution >= 0.6 is 0 Å². The van der Waals surface area contributed by atoms with Crippen LogP contribution in [0, 0.1) is 0 Å². The van der Waals surface area contributed by atoms with Gasteiger partial charge in [0.1, 0.15) is 6.10 Å². The first kappa shape index (κ1) is 42.9. The third-order valence-corrected chi connectivity index (χ3v) is 8.64. The summed E-state index contributed by atoms with van der Waals surface area (Å²) in [5.41, 5.74) is 0. The minimum absolute atomic E-state index is 0.0113. The molecule has 0 atom stereocenters. The predicted molar refractivity (Wildman–Crippen MR) is 186 cm³/mol. The zero-order chi connectivity index (χ0) is 32.4. The van der Waals surface area contributed by atoms with Gasteiger partial charge in [0.05, 0.1) is 13.2 Å². The molecule has 6 heteroatoms. The molecule has 0 aliphatic carbocycles. The van der Waals surface area contributed by atoms with E-state index in [-0.39, 0.29) is 18.0 Å². The van der Waals surface area contributed by atoms with Crippen LogP contribution in [0.1, 0.15) is 188 Å². The van der Waals surface area contributed by atoms with Crippen LogP contribution in [-0.4, -0.2) is 62.9 Å². The molecule has 0 rings (SSSR count). The van der Waals surface area contributed by atoms with Gasteiger partial charge in [-0.25, -0.2) is 0 Å². The second kappa shape index (κ2) is 34.7. The molecule has 0 aliphatic rings. The molecule has 0 N–H and O–H groups in total. The highest BCUT2D eigenvalue weighted by molar-refractivity contribution is 5.69. The van der Waals surface area contributed by atoms with Gasteiger partial charge < -0.3 is 19.1 Å². The first-order valence-electron chi connectivity index (χ1n) is 19.1. The van der Waals surface area contributed by atoms with E-state index < -0.39 is 0 Å². The normalized spacial score (nSPS) is 11.5. The maximum atomic E-state index is 12.7. The van der Waals surface area contributed by atoms with Gasteiger partial charge in [-0.2, -0.15) is 0 Å². The van der Waals surface area contributed by atoms with Gasteiger partial charge in [-0.1, -0.05) is 124 Å². The fourth-order valence-corrected chi connectivity index (χ4v) is 5.74. The number of hydrogen-bond acceptors (Lipinski definition) is 6. The Morgan fingerprint density at radius 3 is 1.57 bits per heavy atom. The Morgan fingerprint density at radius 2 is 0.977 bits per heavy atom. The number of ether oxygens (including phenoxy) is 3. The molecule has 0 saturated heterocycles. The zero-order valence-electron chi connectivity index (χ0n) is 30.0. The molecule has 0 bridgehead atoms. The van der Waals surface area contributed by atoms with Crippen LogP contribution in [-0.2, 0) is 23.8 Å². The van der Waals surface area contributed by atoms with Crippen molar-refractivity contribution in [1.29, 1.82) is 0 Å². The number of nitrogens with zero attached hydrogens (tertiary/aromatic N) is 1. The van der Waals surface area contributed by atoms with Gasteiger partial charge >= 0.3 is 11.9 Å². The molecule has 0 spiro atoms. The zero-order valence-corrected chi connectivity index (χ0v) is 30.0. The monoisotopic (exact) mass is 626 g/mol. The molecule has 0 aromatic carbocycles. The van der Waals surface area contributed by atoms with Crippen molar-refractivity contribution in [3.8, 4) is 0 Å². The van der Waals surface area contributed by atoms with E-state index >= 15 is 0 Å². The van der Waals surface area contributed by atoms with Gasteiger partial charge in [0.2, 0.25) is 0 Å². The largest absolute Gasteiger partial charge is 0.466 e. The number of carbonyl (C=O) groups excluding carboxylic acids is 2. The fraction of sp³-hybridized carbons (Fsp3) is 0.947. The van der Waals surface area contributed by atoms with Crippen molar-refractivity contribution >= 4 is 11.9 Å². The molecule has 0 aromatic rings. The first-order valence-corrected chi connectivity index (χ1v) is 19.1. The summed E-state index contributed by atoms with van der Waals surface area (Å²) in [7, 11) is 1.74. The maximum Gasteiger partial charge on any atom is 0.306 e. The lowest BCUT2D eigenvalue weighted by atomic mass is 10.0. The van der Waals surface area contributed by atoms with Gasteiger partial charge in [-0.05, 0) is 64.5 Å². The van der Waals surface area contributed by atoms with Crippen molar-refractivity contribution in [2.75, 3.05) is 40.0 Å². The van der Waals surface area contributed by atoms with Crippen LogP contribution in [0.15, 0.2) is 0 Å². The van der Waals surface area contributed by atoms with E-state index in [1.165, 1.54) is 89.9 Å². The molecule has 0 fully saturated rings. The smallest absolute Gasteiger partial charge is 0.306 e. The summed E-state index contributed by atoms with van der Waals surface area (Å²) in [5, 5.41) is 0. The van der Waals surface area contributed by atoms with Crippen molar-refractivity contribution in [3.63, 3.8) is 0 Å². The van der Waals surface area contributed by atoms with Crippen LogP contribution in [0.5, 0.6) is 0 Å². The first-order chi connectivity index (χ1) is 21.6. The Bertz CT molecular complexity index is 598. The highest BCUT2D eigenvalue weighted by Gasteiger charge is 2.14. The Balaban J connectivity index is 4.15. The molecular formula is C38H75NO5. The van der Waals surface area contributed by atoms with E-state index in [1.54, 1.807) is 7.11 Å². The Labute approximate surface area is 274 Å². The van der Waals surface area contributed by atoms with E-state index in [1.807, 2.05) is 0 Å². The fourth-order valence-electron chi connectivity index (χ4n) is 5.74. The highest BCUT2D eigenvalue weighted by atomic mass is 16.5. The third-order valence-electron chi connectivity index (χ3n) is 8.64. The molecule has 0 heterocycles. The van der Waals surface area contributed by atoms with Gasteiger partial charge in [0.25, 0.3) is 0 Å². The maximum absolute atomic E-state index is 12.7. The third kappa shape index (κ3) is 30.9. The van der Waals surface area contributed by atoms with Crippen molar-refractivity contribution in [1.82, 2.24) is 4.90 Å². The molecule has 6 nitrogen and oxygen atoms in total. The van der Waals surface area contributed by atoms with Crippen LogP contribution < -0.4 is 0 Å². The van der Waals surface area contributed by atoms with Crippen LogP contribution in [0.2, 0.25) is 0 Å². The summed E-state index contributed by atoms with van der Waals surface area (Å²) < 4.78 is 16.7. The molecule has 0 radical (unpaired) electrons. The lowest BCUT2D eigenvalue weighted by molar-refractivity contribution is -0.150. The Morgan fingerprint density at radius 1 is 0.500 bits per heavy atom. The quantitative estimate of drug-likeness (QED) is 0.0516. The minimum atomic E-state index is -0.0668. The molecule has 0 amide bonds. The van der Waals surface area contributed by atoms with E-state index in [0.29, 0.717) is 26.1 Å². The summed E-state index contributed by atoms with van der Waals surface area (Å²) in [6, 6.07) is 0. The Kier molecular flexibility index (Phi) is 33.8. The topological polar surface area (TPSA) is 65.1 Å². The molecule has 0 aliphatic heterocycles. The number of hydrogen-bond donors (Lipinski definition) is 0. The van der Waals surface area contributed by atoms with Crippen LogP contribution in [0.3, 0.4) is 0 Å². The summed E-state index contributed by atoms with van der Waals surface area (Å²) in [6.07, 6.45) is 29.4. The second-order valence-electron chi connectivity index (χ2n) is 13.0. The van der Waals surface area contributed by atoms with Crippen molar-refractivity contribution in [2.24, 2.45) is 0 Å². The van der Waals surface area contributed by atoms with Gasteiger partial charge in [0, 0.05) is 26.5 Å². The lowest BCUT2D eigenvalue weighted by Gasteiger charge is -2.21. The number of methoxy groups -OCH3 is 1. The number of rotatable bonds is 35. The summed E-state index contributed by atoms with van der Waals surface area (Å²) in [6.45, 7) is 10.8. The molecule has 0 aromatic heterocycles. The molecular weight excluding hydrogens is 550 g/mol.